The molecule has 2 rings (SSSR count). The van der Waals surface area contributed by atoms with Crippen LogP contribution in [0, 0.1) is 0 Å². The number of carbonyl (C=O) groups is 2. The predicted octanol–water partition coefficient (Wildman–Crippen LogP) is 0.933. The molecule has 25 heavy (non-hydrogen) atoms. The van der Waals surface area contributed by atoms with Crippen LogP contribution in [0.25, 0.3) is 0 Å². The van der Waals surface area contributed by atoms with Gasteiger partial charge in [-0.05, 0) is 13.3 Å². The van der Waals surface area contributed by atoms with Crippen molar-refractivity contribution < 1.29 is 22.7 Å². The lowest BCUT2D eigenvalue weighted by Crippen LogP contribution is -2.43. The predicted molar refractivity (Wildman–Crippen MR) is 95.5 cm³/mol. The fourth-order valence-corrected chi connectivity index (χ4v) is 4.97. The van der Waals surface area contributed by atoms with E-state index in [0.29, 0.717) is 24.6 Å². The van der Waals surface area contributed by atoms with Crippen molar-refractivity contribution in [1.82, 2.24) is 9.88 Å². The van der Waals surface area contributed by atoms with Crippen LogP contribution in [-0.2, 0) is 19.4 Å². The molecule has 0 bridgehead atoms. The maximum atomic E-state index is 12.3. The Kier molecular flexibility index (Phi) is 6.54. The smallest absolute Gasteiger partial charge is 0.358 e. The molecule has 10 heteroatoms. The molecule has 1 fully saturated rings. The van der Waals surface area contributed by atoms with E-state index in [2.05, 4.69) is 16.9 Å². The van der Waals surface area contributed by atoms with Crippen molar-refractivity contribution in [3.63, 3.8) is 0 Å². The van der Waals surface area contributed by atoms with Gasteiger partial charge in [0.15, 0.2) is 27.3 Å². The number of nitrogens with zero attached hydrogens (tertiary/aromatic N) is 2. The van der Waals surface area contributed by atoms with E-state index in [0.717, 1.165) is 0 Å². The van der Waals surface area contributed by atoms with E-state index in [4.69, 9.17) is 4.74 Å². The number of ether oxygens (including phenoxy) is 1. The third-order valence-electron chi connectivity index (χ3n) is 3.75. The van der Waals surface area contributed by atoms with Gasteiger partial charge in [0.2, 0.25) is 0 Å². The number of rotatable bonds is 8. The van der Waals surface area contributed by atoms with Crippen molar-refractivity contribution in [1.29, 1.82) is 0 Å². The third kappa shape index (κ3) is 5.27. The number of aromatic nitrogens is 1. The van der Waals surface area contributed by atoms with E-state index in [1.165, 1.54) is 16.2 Å². The monoisotopic (exact) mass is 387 g/mol. The van der Waals surface area contributed by atoms with Gasteiger partial charge in [-0.1, -0.05) is 6.08 Å². The molecule has 0 saturated carbocycles. The summed E-state index contributed by atoms with van der Waals surface area (Å²) in [5.41, 5.74) is 0.121. The Morgan fingerprint density at radius 2 is 2.32 bits per heavy atom. The minimum atomic E-state index is -3.09. The number of sulfone groups is 1. The molecule has 1 amide bonds. The van der Waals surface area contributed by atoms with Crippen LogP contribution in [0.1, 0.15) is 23.8 Å². The van der Waals surface area contributed by atoms with Crippen molar-refractivity contribution >= 4 is 38.2 Å². The minimum Gasteiger partial charge on any atom is -0.451 e. The Balaban J connectivity index is 1.88. The molecule has 1 aromatic heterocycles. The SMILES string of the molecule is C=CCNc1nc(C(=O)OCC(=O)N(CC)[C@@H]2CCS(=O)(=O)C2)cs1. The van der Waals surface area contributed by atoms with E-state index in [1.807, 2.05) is 0 Å². The zero-order valence-electron chi connectivity index (χ0n) is 13.9. The second kappa shape index (κ2) is 8.43. The third-order valence-corrected chi connectivity index (χ3v) is 6.30. The van der Waals surface area contributed by atoms with Crippen molar-refractivity contribution in [3.8, 4) is 0 Å². The maximum absolute atomic E-state index is 12.3. The summed E-state index contributed by atoms with van der Waals surface area (Å²) in [5.74, 6) is -1.05. The first-order chi connectivity index (χ1) is 11.9. The fraction of sp³-hybridized carbons (Fsp3) is 0.533. The Hall–Kier alpha value is -1.94. The van der Waals surface area contributed by atoms with Crippen LogP contribution in [0.4, 0.5) is 5.13 Å². The second-order valence-electron chi connectivity index (χ2n) is 5.52. The molecule has 1 N–H and O–H groups in total. The summed E-state index contributed by atoms with van der Waals surface area (Å²) < 4.78 is 28.2. The average Bonchev–Trinajstić information content (AvgIpc) is 3.18. The van der Waals surface area contributed by atoms with Crippen LogP contribution in [0.5, 0.6) is 0 Å². The molecule has 1 saturated heterocycles. The lowest BCUT2D eigenvalue weighted by molar-refractivity contribution is -0.136. The van der Waals surface area contributed by atoms with Crippen molar-refractivity contribution in [2.75, 3.05) is 36.5 Å². The summed E-state index contributed by atoms with van der Waals surface area (Å²) in [7, 11) is -3.09. The Morgan fingerprint density at radius 3 is 2.92 bits per heavy atom. The van der Waals surface area contributed by atoms with Crippen molar-refractivity contribution in [2.45, 2.75) is 19.4 Å². The summed E-state index contributed by atoms with van der Waals surface area (Å²) in [6, 6.07) is -0.352. The molecular formula is C15H21N3O5S2. The van der Waals surface area contributed by atoms with Gasteiger partial charge < -0.3 is 15.0 Å². The molecule has 138 valence electrons. The van der Waals surface area contributed by atoms with Crippen LogP contribution in [-0.4, -0.2) is 67.4 Å². The summed E-state index contributed by atoms with van der Waals surface area (Å²) >= 11 is 1.25. The summed E-state index contributed by atoms with van der Waals surface area (Å²) in [6.07, 6.45) is 2.08. The number of hydrogen-bond donors (Lipinski definition) is 1. The number of amides is 1. The number of carbonyl (C=O) groups excluding carboxylic acids is 2. The van der Waals surface area contributed by atoms with Crippen LogP contribution >= 0.6 is 11.3 Å². The van der Waals surface area contributed by atoms with Gasteiger partial charge in [0.05, 0.1) is 11.5 Å². The highest BCUT2D eigenvalue weighted by Crippen LogP contribution is 2.18. The number of likely N-dealkylation sites (N-methyl/N-ethyl adjacent to an activating group) is 1. The van der Waals surface area contributed by atoms with E-state index in [1.54, 1.807) is 18.4 Å². The first-order valence-corrected chi connectivity index (χ1v) is 10.5. The van der Waals surface area contributed by atoms with Crippen LogP contribution in [0.3, 0.4) is 0 Å². The zero-order valence-corrected chi connectivity index (χ0v) is 15.6. The van der Waals surface area contributed by atoms with Crippen LogP contribution in [0.15, 0.2) is 18.0 Å². The Morgan fingerprint density at radius 1 is 1.56 bits per heavy atom. The Bertz CT molecular complexity index is 744. The summed E-state index contributed by atoms with van der Waals surface area (Å²) in [6.45, 7) is 5.80. The topological polar surface area (TPSA) is 106 Å². The van der Waals surface area contributed by atoms with E-state index in [9.17, 15) is 18.0 Å². The van der Waals surface area contributed by atoms with Gasteiger partial charge in [0, 0.05) is 24.5 Å². The van der Waals surface area contributed by atoms with Gasteiger partial charge >= 0.3 is 5.97 Å². The molecule has 0 aromatic carbocycles. The van der Waals surface area contributed by atoms with Crippen molar-refractivity contribution in [3.05, 3.63) is 23.7 Å². The highest BCUT2D eigenvalue weighted by atomic mass is 32.2. The molecule has 0 unspecified atom stereocenters. The lowest BCUT2D eigenvalue weighted by Gasteiger charge is -2.26. The molecule has 0 radical (unpaired) electrons. The molecule has 0 aliphatic carbocycles. The van der Waals surface area contributed by atoms with Crippen molar-refractivity contribution in [2.24, 2.45) is 0 Å². The zero-order chi connectivity index (χ0) is 18.4. The van der Waals surface area contributed by atoms with Gasteiger partial charge in [-0.15, -0.1) is 17.9 Å². The minimum absolute atomic E-state index is 0.0368. The number of hydrogen-bond acceptors (Lipinski definition) is 8. The summed E-state index contributed by atoms with van der Waals surface area (Å²) in [4.78, 5) is 29.8. The normalized spacial score (nSPS) is 18.5. The Labute approximate surface area is 150 Å². The molecule has 1 aliphatic heterocycles. The molecule has 0 spiro atoms. The molecule has 8 nitrogen and oxygen atoms in total. The number of nitrogens with one attached hydrogen (secondary N) is 1. The molecular weight excluding hydrogens is 366 g/mol. The van der Waals surface area contributed by atoms with E-state index in [-0.39, 0.29) is 23.2 Å². The van der Waals surface area contributed by atoms with E-state index >= 15 is 0 Å². The molecule has 2 heterocycles. The number of anilines is 1. The highest BCUT2D eigenvalue weighted by molar-refractivity contribution is 7.91. The average molecular weight is 387 g/mol. The van der Waals surface area contributed by atoms with Gasteiger partial charge in [0.1, 0.15) is 0 Å². The largest absolute Gasteiger partial charge is 0.451 e. The first kappa shape index (κ1) is 19.4. The second-order valence-corrected chi connectivity index (χ2v) is 8.61. The molecule has 1 atom stereocenters. The number of esters is 1. The van der Waals surface area contributed by atoms with Gasteiger partial charge in [-0.25, -0.2) is 18.2 Å². The van der Waals surface area contributed by atoms with Crippen LogP contribution < -0.4 is 5.32 Å². The fourth-order valence-electron chi connectivity index (χ4n) is 2.55. The lowest BCUT2D eigenvalue weighted by atomic mass is 10.2. The molecule has 1 aliphatic rings. The van der Waals surface area contributed by atoms with Crippen LogP contribution in [0.2, 0.25) is 0 Å². The van der Waals surface area contributed by atoms with Gasteiger partial charge in [0.25, 0.3) is 5.91 Å². The first-order valence-electron chi connectivity index (χ1n) is 7.83. The standard InChI is InChI=1S/C15H21N3O5S2/c1-3-6-16-15-17-12(9-24-15)14(20)23-8-13(19)18(4-2)11-5-7-25(21,22)10-11/h3,9,11H,1,4-8,10H2,2H3,(H,16,17)/t11-/m1/s1. The number of thiazole rings is 1. The molecule has 1 aromatic rings. The summed E-state index contributed by atoms with van der Waals surface area (Å²) in [5, 5.41) is 5.06. The van der Waals surface area contributed by atoms with E-state index < -0.39 is 28.3 Å². The quantitative estimate of drug-likeness (QED) is 0.522. The van der Waals surface area contributed by atoms with Gasteiger partial charge in [-0.2, -0.15) is 0 Å². The van der Waals surface area contributed by atoms with Gasteiger partial charge in [-0.3, -0.25) is 4.79 Å². The maximum Gasteiger partial charge on any atom is 0.358 e. The highest BCUT2D eigenvalue weighted by Gasteiger charge is 2.34.